The number of ether oxygens (including phenoxy) is 1. The van der Waals surface area contributed by atoms with Gasteiger partial charge in [-0.15, -0.1) is 10.2 Å². The van der Waals surface area contributed by atoms with Gasteiger partial charge >= 0.3 is 6.09 Å². The number of carbonyl (C=O) groups excluding carboxylic acids is 1. The Balaban J connectivity index is 1.46. The van der Waals surface area contributed by atoms with Crippen molar-refractivity contribution in [3.05, 3.63) is 42.3 Å². The SMILES string of the molecule is CN(C)CCCn1nnc(-c2ccc(-c3ccc(N4C[C@H](CO)OC4=O)cc3F)cn2)n1. The molecule has 32 heavy (non-hydrogen) atoms. The van der Waals surface area contributed by atoms with Crippen molar-refractivity contribution < 1.29 is 19.0 Å². The molecular formula is C21H24FN7O3. The molecule has 0 radical (unpaired) electrons. The topological polar surface area (TPSA) is 110 Å². The van der Waals surface area contributed by atoms with Crippen LogP contribution in [0.3, 0.4) is 0 Å². The van der Waals surface area contributed by atoms with Crippen LogP contribution >= 0.6 is 0 Å². The van der Waals surface area contributed by atoms with E-state index < -0.39 is 18.0 Å². The zero-order chi connectivity index (χ0) is 22.7. The fourth-order valence-corrected chi connectivity index (χ4v) is 3.39. The number of aliphatic hydroxyl groups excluding tert-OH is 1. The molecule has 1 aliphatic rings. The number of cyclic esters (lactones) is 1. The van der Waals surface area contributed by atoms with Crippen LogP contribution in [0.4, 0.5) is 14.9 Å². The van der Waals surface area contributed by atoms with Crippen LogP contribution in [0.2, 0.25) is 0 Å². The molecule has 1 saturated heterocycles. The normalized spacial score (nSPS) is 16.1. The van der Waals surface area contributed by atoms with Gasteiger partial charge in [-0.05, 0) is 56.5 Å². The summed E-state index contributed by atoms with van der Waals surface area (Å²) in [6.07, 6.45) is 1.23. The molecule has 4 rings (SSSR count). The number of aromatic nitrogens is 5. The molecule has 1 fully saturated rings. The van der Waals surface area contributed by atoms with Crippen molar-refractivity contribution in [2.45, 2.75) is 19.1 Å². The number of tetrazole rings is 1. The minimum Gasteiger partial charge on any atom is -0.441 e. The Morgan fingerprint density at radius 3 is 2.78 bits per heavy atom. The third kappa shape index (κ3) is 4.73. The van der Waals surface area contributed by atoms with E-state index in [4.69, 9.17) is 9.84 Å². The summed E-state index contributed by atoms with van der Waals surface area (Å²) >= 11 is 0. The summed E-state index contributed by atoms with van der Waals surface area (Å²) in [5.41, 5.74) is 1.83. The molecular weight excluding hydrogens is 417 g/mol. The Morgan fingerprint density at radius 2 is 2.12 bits per heavy atom. The van der Waals surface area contributed by atoms with Gasteiger partial charge in [-0.2, -0.15) is 4.80 Å². The summed E-state index contributed by atoms with van der Waals surface area (Å²) in [6, 6.07) is 7.94. The van der Waals surface area contributed by atoms with Gasteiger partial charge in [0.1, 0.15) is 17.6 Å². The van der Waals surface area contributed by atoms with Crippen LogP contribution in [0.25, 0.3) is 22.6 Å². The number of nitrogens with zero attached hydrogens (tertiary/aromatic N) is 7. The lowest BCUT2D eigenvalue weighted by atomic mass is 10.1. The van der Waals surface area contributed by atoms with Gasteiger partial charge in [0.2, 0.25) is 5.82 Å². The predicted molar refractivity (Wildman–Crippen MR) is 114 cm³/mol. The molecule has 2 aromatic heterocycles. The maximum absolute atomic E-state index is 14.8. The highest BCUT2D eigenvalue weighted by Gasteiger charge is 2.32. The van der Waals surface area contributed by atoms with Crippen LogP contribution in [0.1, 0.15) is 6.42 Å². The zero-order valence-electron chi connectivity index (χ0n) is 17.8. The van der Waals surface area contributed by atoms with Crippen molar-refractivity contribution in [1.82, 2.24) is 30.1 Å². The van der Waals surface area contributed by atoms with E-state index >= 15 is 0 Å². The lowest BCUT2D eigenvalue weighted by molar-refractivity contribution is 0.0963. The standard InChI is InChI=1S/C21H24FN7O3/c1-27(2)8-3-9-29-25-20(24-26-29)19-7-4-14(11-23-19)17-6-5-15(10-18(17)22)28-12-16(13-30)32-21(28)31/h4-7,10-11,16,30H,3,8-9,12-13H2,1-2H3/t16-/m1/s1. The number of halogens is 1. The fourth-order valence-electron chi connectivity index (χ4n) is 3.39. The number of hydrogen-bond donors (Lipinski definition) is 1. The molecule has 0 aliphatic carbocycles. The average Bonchev–Trinajstić information content (AvgIpc) is 3.40. The summed E-state index contributed by atoms with van der Waals surface area (Å²) in [7, 11) is 4.02. The van der Waals surface area contributed by atoms with E-state index in [1.54, 1.807) is 30.5 Å². The molecule has 0 bridgehead atoms. The Kier molecular flexibility index (Phi) is 6.37. The monoisotopic (exact) mass is 441 g/mol. The Morgan fingerprint density at radius 1 is 1.28 bits per heavy atom. The van der Waals surface area contributed by atoms with Crippen molar-refractivity contribution in [2.24, 2.45) is 0 Å². The maximum Gasteiger partial charge on any atom is 0.414 e. The number of hydrogen-bond acceptors (Lipinski definition) is 8. The van der Waals surface area contributed by atoms with Gasteiger partial charge in [-0.1, -0.05) is 6.07 Å². The highest BCUT2D eigenvalue weighted by atomic mass is 19.1. The van der Waals surface area contributed by atoms with E-state index in [1.807, 2.05) is 14.1 Å². The molecule has 0 unspecified atom stereocenters. The van der Waals surface area contributed by atoms with E-state index in [2.05, 4.69) is 25.3 Å². The quantitative estimate of drug-likeness (QED) is 0.564. The second kappa shape index (κ2) is 9.37. The first-order valence-electron chi connectivity index (χ1n) is 10.2. The fraction of sp³-hybridized carbons (Fsp3) is 0.381. The van der Waals surface area contributed by atoms with Crippen LogP contribution in [-0.2, 0) is 11.3 Å². The summed E-state index contributed by atoms with van der Waals surface area (Å²) in [4.78, 5) is 21.2. The first-order valence-corrected chi connectivity index (χ1v) is 10.2. The number of anilines is 1. The molecule has 1 aromatic carbocycles. The Labute approximate surface area is 184 Å². The average molecular weight is 441 g/mol. The number of aliphatic hydroxyl groups is 1. The first kappa shape index (κ1) is 21.8. The highest BCUT2D eigenvalue weighted by Crippen LogP contribution is 2.29. The number of aryl methyl sites for hydroxylation is 1. The predicted octanol–water partition coefficient (Wildman–Crippen LogP) is 1.81. The summed E-state index contributed by atoms with van der Waals surface area (Å²) in [5, 5.41) is 21.6. The molecule has 11 heteroatoms. The van der Waals surface area contributed by atoms with Crippen LogP contribution in [0.15, 0.2) is 36.5 Å². The van der Waals surface area contributed by atoms with Crippen LogP contribution in [0.5, 0.6) is 0 Å². The van der Waals surface area contributed by atoms with Crippen LogP contribution in [-0.4, -0.2) is 81.2 Å². The maximum atomic E-state index is 14.8. The molecule has 10 nitrogen and oxygen atoms in total. The number of benzene rings is 1. The van der Waals surface area contributed by atoms with Gasteiger partial charge < -0.3 is 14.7 Å². The third-order valence-electron chi connectivity index (χ3n) is 5.06. The number of rotatable bonds is 8. The zero-order valence-corrected chi connectivity index (χ0v) is 17.8. The van der Waals surface area contributed by atoms with E-state index in [1.165, 1.54) is 15.8 Å². The molecule has 0 saturated carbocycles. The lowest BCUT2D eigenvalue weighted by Gasteiger charge is -2.14. The molecule has 3 heterocycles. The van der Waals surface area contributed by atoms with E-state index in [0.717, 1.165) is 13.0 Å². The minimum atomic E-state index is -0.610. The summed E-state index contributed by atoms with van der Waals surface area (Å²) in [6.45, 7) is 1.48. The highest BCUT2D eigenvalue weighted by molar-refractivity contribution is 5.90. The van der Waals surface area contributed by atoms with Gasteiger partial charge in [0.25, 0.3) is 0 Å². The second-order valence-electron chi connectivity index (χ2n) is 7.76. The van der Waals surface area contributed by atoms with E-state index in [-0.39, 0.29) is 13.2 Å². The Hall–Kier alpha value is -3.44. The van der Waals surface area contributed by atoms with E-state index in [0.29, 0.717) is 34.9 Å². The molecule has 168 valence electrons. The lowest BCUT2D eigenvalue weighted by Crippen LogP contribution is -2.25. The largest absolute Gasteiger partial charge is 0.441 e. The van der Waals surface area contributed by atoms with Crippen molar-refractivity contribution >= 4 is 11.8 Å². The molecule has 1 atom stereocenters. The van der Waals surface area contributed by atoms with Gasteiger partial charge in [-0.3, -0.25) is 9.88 Å². The van der Waals surface area contributed by atoms with Crippen molar-refractivity contribution in [2.75, 3.05) is 38.7 Å². The van der Waals surface area contributed by atoms with Crippen LogP contribution in [0, 0.1) is 5.82 Å². The van der Waals surface area contributed by atoms with Crippen molar-refractivity contribution in [3.63, 3.8) is 0 Å². The molecule has 1 aliphatic heterocycles. The summed E-state index contributed by atoms with van der Waals surface area (Å²) in [5.74, 6) is -0.0922. The second-order valence-corrected chi connectivity index (χ2v) is 7.76. The first-order chi connectivity index (χ1) is 15.4. The number of carbonyl (C=O) groups is 1. The van der Waals surface area contributed by atoms with Gasteiger partial charge in [0, 0.05) is 17.3 Å². The van der Waals surface area contributed by atoms with E-state index in [9.17, 15) is 9.18 Å². The third-order valence-corrected chi connectivity index (χ3v) is 5.06. The molecule has 3 aromatic rings. The number of amides is 1. The van der Waals surface area contributed by atoms with Crippen LogP contribution < -0.4 is 4.90 Å². The van der Waals surface area contributed by atoms with Crippen molar-refractivity contribution in [3.8, 4) is 22.6 Å². The smallest absolute Gasteiger partial charge is 0.414 e. The minimum absolute atomic E-state index is 0.174. The Bertz CT molecular complexity index is 1090. The van der Waals surface area contributed by atoms with Gasteiger partial charge in [0.05, 0.1) is 25.4 Å². The number of pyridine rings is 1. The molecule has 0 spiro atoms. The van der Waals surface area contributed by atoms with Crippen molar-refractivity contribution in [1.29, 1.82) is 0 Å². The van der Waals surface area contributed by atoms with Gasteiger partial charge in [0.15, 0.2) is 0 Å². The molecule has 1 N–H and O–H groups in total. The van der Waals surface area contributed by atoms with Gasteiger partial charge in [-0.25, -0.2) is 9.18 Å². The summed E-state index contributed by atoms with van der Waals surface area (Å²) < 4.78 is 19.8. The molecule has 1 amide bonds.